The lowest BCUT2D eigenvalue weighted by Gasteiger charge is -2.43. The lowest BCUT2D eigenvalue weighted by molar-refractivity contribution is -0.120. The second kappa shape index (κ2) is 6.93. The molecule has 0 aliphatic carbocycles. The van der Waals surface area contributed by atoms with Gasteiger partial charge in [-0.3, -0.25) is 9.69 Å². The molecule has 2 aromatic rings. The first-order chi connectivity index (χ1) is 12.7. The van der Waals surface area contributed by atoms with Crippen LogP contribution in [-0.4, -0.2) is 29.4 Å². The fraction of sp³-hybridized carbons (Fsp3) is 0.364. The molecule has 26 heavy (non-hydrogen) atoms. The number of likely N-dealkylation sites (tertiary alicyclic amines) is 1. The van der Waals surface area contributed by atoms with E-state index in [0.29, 0.717) is 12.0 Å². The number of nitrogens with zero attached hydrogens (tertiary/aromatic N) is 2. The smallest absolute Gasteiger partial charge is 0.221 e. The molecule has 4 rings (SSSR count). The van der Waals surface area contributed by atoms with E-state index in [2.05, 4.69) is 46.6 Å². The van der Waals surface area contributed by atoms with Crippen LogP contribution in [0.25, 0.3) is 0 Å². The van der Waals surface area contributed by atoms with Crippen molar-refractivity contribution in [3.8, 4) is 6.07 Å². The average molecular weight is 345 g/mol. The lowest BCUT2D eigenvalue weighted by Crippen LogP contribution is -2.53. The quantitative estimate of drug-likeness (QED) is 0.929. The number of nitriles is 1. The molecule has 2 fully saturated rings. The number of benzene rings is 2. The molecule has 1 N–H and O–H groups in total. The third-order valence-corrected chi connectivity index (χ3v) is 5.86. The number of hydrogen-bond donors (Lipinski definition) is 1. The lowest BCUT2D eigenvalue weighted by atomic mass is 9.74. The third-order valence-electron chi connectivity index (χ3n) is 5.86. The molecule has 4 nitrogen and oxygen atoms in total. The maximum Gasteiger partial charge on any atom is 0.221 e. The van der Waals surface area contributed by atoms with E-state index in [9.17, 15) is 4.79 Å². The van der Waals surface area contributed by atoms with Crippen molar-refractivity contribution in [2.24, 2.45) is 0 Å². The summed E-state index contributed by atoms with van der Waals surface area (Å²) < 4.78 is 0. The largest absolute Gasteiger partial charge is 0.350 e. The Morgan fingerprint density at radius 2 is 1.88 bits per heavy atom. The molecule has 0 radical (unpaired) electrons. The minimum atomic E-state index is -0.108. The average Bonchev–Trinajstić information content (AvgIpc) is 3.00. The minimum Gasteiger partial charge on any atom is -0.350 e. The first-order valence-electron chi connectivity index (χ1n) is 9.26. The van der Waals surface area contributed by atoms with Crippen LogP contribution in [0.2, 0.25) is 0 Å². The molecule has 4 heteroatoms. The summed E-state index contributed by atoms with van der Waals surface area (Å²) in [6.07, 6.45) is 2.53. The third kappa shape index (κ3) is 3.23. The summed E-state index contributed by atoms with van der Waals surface area (Å²) in [7, 11) is 0. The predicted octanol–water partition coefficient (Wildman–Crippen LogP) is 3.20. The second-order valence-electron chi connectivity index (χ2n) is 7.46. The van der Waals surface area contributed by atoms with Crippen molar-refractivity contribution in [1.29, 1.82) is 5.26 Å². The molecule has 1 spiro atoms. The number of piperidine rings is 1. The second-order valence-corrected chi connectivity index (χ2v) is 7.46. The van der Waals surface area contributed by atoms with Gasteiger partial charge in [-0.2, -0.15) is 5.26 Å². The van der Waals surface area contributed by atoms with Gasteiger partial charge in [-0.1, -0.05) is 42.5 Å². The predicted molar refractivity (Wildman–Crippen MR) is 100 cm³/mol. The highest BCUT2D eigenvalue weighted by molar-refractivity contribution is 5.81. The fourth-order valence-corrected chi connectivity index (χ4v) is 4.50. The van der Waals surface area contributed by atoms with E-state index in [1.807, 2.05) is 24.3 Å². The van der Waals surface area contributed by atoms with Gasteiger partial charge in [-0.25, -0.2) is 0 Å². The first-order valence-corrected chi connectivity index (χ1v) is 9.26. The summed E-state index contributed by atoms with van der Waals surface area (Å²) in [5, 5.41) is 12.4. The van der Waals surface area contributed by atoms with E-state index in [0.717, 1.165) is 32.5 Å². The van der Waals surface area contributed by atoms with Gasteiger partial charge in [0.15, 0.2) is 0 Å². The zero-order chi connectivity index (χ0) is 18.0. The molecule has 2 aliphatic rings. The molecule has 0 saturated carbocycles. The van der Waals surface area contributed by atoms with Crippen molar-refractivity contribution in [2.45, 2.75) is 37.3 Å². The molecule has 2 aromatic carbocycles. The Morgan fingerprint density at radius 3 is 2.62 bits per heavy atom. The molecule has 1 amide bonds. The van der Waals surface area contributed by atoms with Crippen LogP contribution in [0.3, 0.4) is 0 Å². The van der Waals surface area contributed by atoms with Crippen molar-refractivity contribution in [2.75, 3.05) is 13.1 Å². The maximum absolute atomic E-state index is 12.2. The standard InChI is InChI=1S/C22H23N3O/c23-15-17-5-4-6-18(13-17)16-25-11-9-22(10-12-25)20(14-21(26)24-22)19-7-2-1-3-8-19/h1-8,13,20H,9-12,14,16H2,(H,24,26). The van der Waals surface area contributed by atoms with Crippen LogP contribution in [0, 0.1) is 11.3 Å². The highest BCUT2D eigenvalue weighted by atomic mass is 16.2. The van der Waals surface area contributed by atoms with Crippen molar-refractivity contribution < 1.29 is 4.79 Å². The van der Waals surface area contributed by atoms with E-state index in [-0.39, 0.29) is 17.4 Å². The van der Waals surface area contributed by atoms with Gasteiger partial charge in [0.2, 0.25) is 5.91 Å². The Kier molecular flexibility index (Phi) is 4.48. The monoisotopic (exact) mass is 345 g/mol. The van der Waals surface area contributed by atoms with Crippen LogP contribution in [0.15, 0.2) is 54.6 Å². The number of rotatable bonds is 3. The van der Waals surface area contributed by atoms with Crippen LogP contribution in [-0.2, 0) is 11.3 Å². The van der Waals surface area contributed by atoms with Gasteiger partial charge in [0, 0.05) is 37.5 Å². The van der Waals surface area contributed by atoms with Crippen LogP contribution in [0.1, 0.15) is 41.9 Å². The van der Waals surface area contributed by atoms with E-state index in [1.54, 1.807) is 0 Å². The van der Waals surface area contributed by atoms with Crippen LogP contribution in [0.4, 0.5) is 0 Å². The van der Waals surface area contributed by atoms with Gasteiger partial charge in [-0.05, 0) is 36.1 Å². The number of carbonyl (C=O) groups excluding carboxylic acids is 1. The van der Waals surface area contributed by atoms with Crippen molar-refractivity contribution in [3.63, 3.8) is 0 Å². The van der Waals surface area contributed by atoms with Gasteiger partial charge in [-0.15, -0.1) is 0 Å². The summed E-state index contributed by atoms with van der Waals surface area (Å²) in [6, 6.07) is 20.5. The molecule has 0 bridgehead atoms. The molecule has 1 atom stereocenters. The van der Waals surface area contributed by atoms with Gasteiger partial charge < -0.3 is 5.32 Å². The zero-order valence-electron chi connectivity index (χ0n) is 14.8. The van der Waals surface area contributed by atoms with Gasteiger partial charge in [0.05, 0.1) is 11.6 Å². The molecule has 0 aromatic heterocycles. The zero-order valence-corrected chi connectivity index (χ0v) is 14.8. The molecular formula is C22H23N3O. The molecular weight excluding hydrogens is 322 g/mol. The van der Waals surface area contributed by atoms with Gasteiger partial charge in [0.25, 0.3) is 0 Å². The summed E-state index contributed by atoms with van der Waals surface area (Å²) in [6.45, 7) is 2.77. The van der Waals surface area contributed by atoms with Gasteiger partial charge in [0.1, 0.15) is 0 Å². The van der Waals surface area contributed by atoms with E-state index in [4.69, 9.17) is 5.26 Å². The molecule has 2 saturated heterocycles. The van der Waals surface area contributed by atoms with Gasteiger partial charge >= 0.3 is 0 Å². The molecule has 2 heterocycles. The van der Waals surface area contributed by atoms with Crippen LogP contribution < -0.4 is 5.32 Å². The summed E-state index contributed by atoms with van der Waals surface area (Å²) >= 11 is 0. The Hall–Kier alpha value is -2.64. The van der Waals surface area contributed by atoms with E-state index in [1.165, 1.54) is 11.1 Å². The van der Waals surface area contributed by atoms with Crippen molar-refractivity contribution >= 4 is 5.91 Å². The topological polar surface area (TPSA) is 56.1 Å². The molecule has 2 aliphatic heterocycles. The van der Waals surface area contributed by atoms with Crippen molar-refractivity contribution in [3.05, 3.63) is 71.3 Å². The number of hydrogen-bond acceptors (Lipinski definition) is 3. The Bertz CT molecular complexity index is 832. The summed E-state index contributed by atoms with van der Waals surface area (Å²) in [5.41, 5.74) is 3.04. The van der Waals surface area contributed by atoms with E-state index < -0.39 is 0 Å². The molecule has 132 valence electrons. The number of nitrogens with one attached hydrogen (secondary N) is 1. The number of amides is 1. The minimum absolute atomic E-state index is 0.108. The number of carbonyl (C=O) groups is 1. The summed E-state index contributed by atoms with van der Waals surface area (Å²) in [5.74, 6) is 0.439. The maximum atomic E-state index is 12.2. The SMILES string of the molecule is N#Cc1cccc(CN2CCC3(CC2)NC(=O)CC3c2ccccc2)c1. The van der Waals surface area contributed by atoms with E-state index >= 15 is 0 Å². The van der Waals surface area contributed by atoms with Crippen LogP contribution in [0.5, 0.6) is 0 Å². The Morgan fingerprint density at radius 1 is 1.12 bits per heavy atom. The Balaban J connectivity index is 1.46. The first kappa shape index (κ1) is 16.8. The molecule has 1 unspecified atom stereocenters. The Labute approximate surface area is 154 Å². The normalized spacial score (nSPS) is 22.1. The highest BCUT2D eigenvalue weighted by Gasteiger charge is 2.48. The van der Waals surface area contributed by atoms with Crippen molar-refractivity contribution in [1.82, 2.24) is 10.2 Å². The summed E-state index contributed by atoms with van der Waals surface area (Å²) in [4.78, 5) is 14.6. The fourth-order valence-electron chi connectivity index (χ4n) is 4.50. The van der Waals surface area contributed by atoms with Crippen LogP contribution >= 0.6 is 0 Å². The highest BCUT2D eigenvalue weighted by Crippen LogP contribution is 2.43.